The third-order valence-corrected chi connectivity index (χ3v) is 7.66. The molecule has 1 aromatic carbocycles. The molecule has 0 amide bonds. The van der Waals surface area contributed by atoms with Crippen LogP contribution < -0.4 is 5.32 Å². The molecule has 4 aliphatic rings. The lowest BCUT2D eigenvalue weighted by Crippen LogP contribution is -2.45. The molecule has 2 heteroatoms. The third kappa shape index (κ3) is 2.49. The number of allylic oxidation sites excluding steroid dienone is 5. The summed E-state index contributed by atoms with van der Waals surface area (Å²) >= 11 is 0. The van der Waals surface area contributed by atoms with Gasteiger partial charge in [0.25, 0.3) is 0 Å². The van der Waals surface area contributed by atoms with Gasteiger partial charge in [-0.05, 0) is 79.2 Å². The highest BCUT2D eigenvalue weighted by molar-refractivity contribution is 5.55. The minimum atomic E-state index is -0.0427. The van der Waals surface area contributed by atoms with E-state index in [1.165, 1.54) is 32.1 Å². The standard InChI is InChI=1S/C24H28FN/c1-24-13-12-18(26-17-7-3-2-4-8-17)14-22(24)23(25)15-20-19-9-5-6-16(19)10-11-21(20)24/h2-4,7-8,12,14-16,19-21,26H,5-6,9-11,13H2,1H3. The van der Waals surface area contributed by atoms with E-state index < -0.39 is 0 Å². The Morgan fingerprint density at radius 1 is 1.08 bits per heavy atom. The zero-order valence-corrected chi connectivity index (χ0v) is 15.5. The fraction of sp³-hybridized carbons (Fsp3) is 0.500. The highest BCUT2D eigenvalue weighted by Crippen LogP contribution is 2.61. The molecule has 5 unspecified atom stereocenters. The zero-order valence-electron chi connectivity index (χ0n) is 15.5. The van der Waals surface area contributed by atoms with Gasteiger partial charge in [0.2, 0.25) is 0 Å². The van der Waals surface area contributed by atoms with Crippen LogP contribution in [0.15, 0.2) is 65.7 Å². The summed E-state index contributed by atoms with van der Waals surface area (Å²) in [6.45, 7) is 2.31. The van der Waals surface area contributed by atoms with Crippen molar-refractivity contribution in [2.45, 2.75) is 45.4 Å². The molecule has 5 atom stereocenters. The van der Waals surface area contributed by atoms with Gasteiger partial charge in [0, 0.05) is 16.8 Å². The largest absolute Gasteiger partial charge is 0.356 e. The van der Waals surface area contributed by atoms with Gasteiger partial charge in [-0.1, -0.05) is 44.0 Å². The second-order valence-electron chi connectivity index (χ2n) is 8.96. The molecule has 0 spiro atoms. The molecule has 1 N–H and O–H groups in total. The predicted octanol–water partition coefficient (Wildman–Crippen LogP) is 6.63. The third-order valence-electron chi connectivity index (χ3n) is 7.66. The van der Waals surface area contributed by atoms with Crippen molar-refractivity contribution in [3.05, 3.63) is 65.7 Å². The Kier molecular flexibility index (Phi) is 3.84. The number of rotatable bonds is 2. The van der Waals surface area contributed by atoms with E-state index in [4.69, 9.17) is 0 Å². The molecule has 5 rings (SSSR count). The molecular weight excluding hydrogens is 321 g/mol. The van der Waals surface area contributed by atoms with Gasteiger partial charge in [-0.3, -0.25) is 0 Å². The quantitative estimate of drug-likeness (QED) is 0.632. The van der Waals surface area contributed by atoms with Gasteiger partial charge >= 0.3 is 0 Å². The van der Waals surface area contributed by atoms with Crippen LogP contribution in [0.3, 0.4) is 0 Å². The Labute approximate surface area is 156 Å². The van der Waals surface area contributed by atoms with Crippen LogP contribution in [0.2, 0.25) is 0 Å². The second kappa shape index (κ2) is 6.11. The summed E-state index contributed by atoms with van der Waals surface area (Å²) in [5.41, 5.74) is 2.97. The van der Waals surface area contributed by atoms with Crippen molar-refractivity contribution in [1.82, 2.24) is 0 Å². The van der Waals surface area contributed by atoms with Gasteiger partial charge < -0.3 is 5.32 Å². The second-order valence-corrected chi connectivity index (χ2v) is 8.96. The molecule has 0 radical (unpaired) electrons. The lowest BCUT2D eigenvalue weighted by atomic mass is 9.52. The Morgan fingerprint density at radius 3 is 2.77 bits per heavy atom. The van der Waals surface area contributed by atoms with Crippen LogP contribution >= 0.6 is 0 Å². The first kappa shape index (κ1) is 16.4. The van der Waals surface area contributed by atoms with E-state index in [-0.39, 0.29) is 11.2 Å². The summed E-state index contributed by atoms with van der Waals surface area (Å²) < 4.78 is 15.2. The Bertz CT molecular complexity index is 790. The number of hydrogen-bond acceptors (Lipinski definition) is 1. The highest BCUT2D eigenvalue weighted by Gasteiger charge is 2.52. The average molecular weight is 349 g/mol. The van der Waals surface area contributed by atoms with Crippen LogP contribution in [0.5, 0.6) is 0 Å². The Hall–Kier alpha value is -1.83. The normalized spacial score (nSPS) is 38.3. The Morgan fingerprint density at radius 2 is 1.92 bits per heavy atom. The number of fused-ring (bicyclic) bond motifs is 5. The van der Waals surface area contributed by atoms with Gasteiger partial charge in [-0.15, -0.1) is 0 Å². The van der Waals surface area contributed by atoms with Crippen LogP contribution in [-0.2, 0) is 0 Å². The molecule has 2 fully saturated rings. The van der Waals surface area contributed by atoms with Crippen molar-refractivity contribution in [2.75, 3.05) is 5.32 Å². The topological polar surface area (TPSA) is 12.0 Å². The number of para-hydroxylation sites is 1. The first-order chi connectivity index (χ1) is 12.6. The molecule has 26 heavy (non-hydrogen) atoms. The van der Waals surface area contributed by atoms with Gasteiger partial charge in [0.1, 0.15) is 5.83 Å². The van der Waals surface area contributed by atoms with Gasteiger partial charge in [-0.2, -0.15) is 0 Å². The lowest BCUT2D eigenvalue weighted by molar-refractivity contribution is 0.0539. The van der Waals surface area contributed by atoms with E-state index in [2.05, 4.69) is 36.5 Å². The first-order valence-electron chi connectivity index (χ1n) is 10.3. The maximum absolute atomic E-state index is 15.2. The van der Waals surface area contributed by atoms with E-state index in [1.54, 1.807) is 0 Å². The number of benzene rings is 1. The summed E-state index contributed by atoms with van der Waals surface area (Å²) in [5, 5.41) is 3.45. The summed E-state index contributed by atoms with van der Waals surface area (Å²) in [6, 6.07) is 10.2. The van der Waals surface area contributed by atoms with Crippen molar-refractivity contribution < 1.29 is 4.39 Å². The molecule has 0 aromatic heterocycles. The number of halogens is 1. The van der Waals surface area contributed by atoms with Crippen LogP contribution in [-0.4, -0.2) is 0 Å². The molecule has 136 valence electrons. The van der Waals surface area contributed by atoms with E-state index >= 15 is 4.39 Å². The molecule has 1 aromatic rings. The highest BCUT2D eigenvalue weighted by atomic mass is 19.1. The minimum Gasteiger partial charge on any atom is -0.356 e. The first-order valence-corrected chi connectivity index (χ1v) is 10.3. The maximum Gasteiger partial charge on any atom is 0.123 e. The Balaban J connectivity index is 1.47. The molecule has 2 saturated carbocycles. The van der Waals surface area contributed by atoms with E-state index in [0.29, 0.717) is 11.8 Å². The molecule has 1 nitrogen and oxygen atoms in total. The zero-order chi connectivity index (χ0) is 17.7. The lowest BCUT2D eigenvalue weighted by Gasteiger charge is -2.52. The van der Waals surface area contributed by atoms with E-state index in [0.717, 1.165) is 35.2 Å². The van der Waals surface area contributed by atoms with Crippen molar-refractivity contribution in [2.24, 2.45) is 29.1 Å². The van der Waals surface area contributed by atoms with E-state index in [9.17, 15) is 0 Å². The van der Waals surface area contributed by atoms with Crippen molar-refractivity contribution >= 4 is 5.69 Å². The fourth-order valence-electron chi connectivity index (χ4n) is 6.34. The van der Waals surface area contributed by atoms with Crippen LogP contribution in [0.25, 0.3) is 0 Å². The molecule has 0 heterocycles. The summed E-state index contributed by atoms with van der Waals surface area (Å²) in [5.74, 6) is 2.67. The summed E-state index contributed by atoms with van der Waals surface area (Å²) in [4.78, 5) is 0. The monoisotopic (exact) mass is 349 g/mol. The SMILES string of the molecule is CC12CC=C(Nc3ccccc3)C=C1C(F)=CC1C3CCCC3CCC12. The van der Waals surface area contributed by atoms with Gasteiger partial charge in [0.05, 0.1) is 0 Å². The molecule has 4 aliphatic carbocycles. The summed E-state index contributed by atoms with van der Waals surface area (Å²) in [6.07, 6.45) is 13.9. The molecule has 0 bridgehead atoms. The fourth-order valence-corrected chi connectivity index (χ4v) is 6.34. The van der Waals surface area contributed by atoms with Crippen LogP contribution in [0.4, 0.5) is 10.1 Å². The van der Waals surface area contributed by atoms with Gasteiger partial charge in [-0.25, -0.2) is 4.39 Å². The molecular formula is C24H28FN. The minimum absolute atomic E-state index is 0.0427. The number of anilines is 1. The maximum atomic E-state index is 15.2. The number of nitrogens with one attached hydrogen (secondary N) is 1. The molecule has 0 saturated heterocycles. The average Bonchev–Trinajstić information content (AvgIpc) is 3.13. The van der Waals surface area contributed by atoms with Crippen LogP contribution in [0, 0.1) is 29.1 Å². The van der Waals surface area contributed by atoms with Crippen LogP contribution in [0.1, 0.15) is 45.4 Å². The van der Waals surface area contributed by atoms with Crippen molar-refractivity contribution in [3.8, 4) is 0 Å². The van der Waals surface area contributed by atoms with Crippen molar-refractivity contribution in [1.29, 1.82) is 0 Å². The number of hydrogen-bond donors (Lipinski definition) is 1. The van der Waals surface area contributed by atoms with Crippen molar-refractivity contribution in [3.63, 3.8) is 0 Å². The predicted molar refractivity (Wildman–Crippen MR) is 105 cm³/mol. The van der Waals surface area contributed by atoms with E-state index in [1.807, 2.05) is 24.3 Å². The summed E-state index contributed by atoms with van der Waals surface area (Å²) in [7, 11) is 0. The van der Waals surface area contributed by atoms with Gasteiger partial charge in [0.15, 0.2) is 0 Å². The molecule has 0 aliphatic heterocycles. The smallest absolute Gasteiger partial charge is 0.123 e.